The van der Waals surface area contributed by atoms with Gasteiger partial charge in [-0.05, 0) is 50.2 Å². The van der Waals surface area contributed by atoms with Crippen molar-refractivity contribution in [3.05, 3.63) is 30.1 Å². The Morgan fingerprint density at radius 1 is 1.10 bits per heavy atom. The van der Waals surface area contributed by atoms with E-state index < -0.39 is 10.2 Å². The average molecular weight is 309 g/mol. The highest BCUT2D eigenvalue weighted by molar-refractivity contribution is 7.86. The Hall–Kier alpha value is -0.980. The lowest BCUT2D eigenvalue weighted by atomic mass is 9.94. The van der Waals surface area contributed by atoms with Gasteiger partial charge in [-0.25, -0.2) is 0 Å². The molecule has 5 nitrogen and oxygen atoms in total. The lowest BCUT2D eigenvalue weighted by molar-refractivity contribution is 0.249. The molecule has 0 bridgehead atoms. The van der Waals surface area contributed by atoms with Gasteiger partial charge in [0.1, 0.15) is 0 Å². The van der Waals surface area contributed by atoms with Crippen molar-refractivity contribution in [2.45, 2.75) is 32.1 Å². The summed E-state index contributed by atoms with van der Waals surface area (Å²) < 4.78 is 28.6. The topological polar surface area (TPSA) is 53.5 Å². The molecule has 1 atom stereocenters. The molecule has 6 heteroatoms. The van der Waals surface area contributed by atoms with Crippen molar-refractivity contribution in [3.8, 4) is 0 Å². The summed E-state index contributed by atoms with van der Waals surface area (Å²) in [4.78, 5) is 4.36. The van der Waals surface area contributed by atoms with E-state index in [2.05, 4.69) is 4.98 Å². The molecular weight excluding hydrogens is 286 g/mol. The predicted molar refractivity (Wildman–Crippen MR) is 82.0 cm³/mol. The van der Waals surface area contributed by atoms with Crippen molar-refractivity contribution in [1.29, 1.82) is 0 Å². The van der Waals surface area contributed by atoms with E-state index in [1.807, 2.05) is 18.2 Å². The molecule has 3 rings (SSSR count). The van der Waals surface area contributed by atoms with E-state index in [1.54, 1.807) is 14.8 Å². The molecule has 2 fully saturated rings. The normalized spacial score (nSPS) is 25.2. The fourth-order valence-electron chi connectivity index (χ4n) is 3.30. The largest absolute Gasteiger partial charge is 0.281 e. The third-order valence-corrected chi connectivity index (χ3v) is 6.43. The Bertz CT molecular complexity index is 556. The summed E-state index contributed by atoms with van der Waals surface area (Å²) in [7, 11) is -3.24. The number of aromatic nitrogens is 1. The second kappa shape index (κ2) is 6.42. The lowest BCUT2D eigenvalue weighted by Crippen LogP contribution is -2.47. The molecule has 0 aromatic carbocycles. The van der Waals surface area contributed by atoms with Crippen LogP contribution in [0.15, 0.2) is 24.4 Å². The summed E-state index contributed by atoms with van der Waals surface area (Å²) in [6.07, 6.45) is 6.69. The quantitative estimate of drug-likeness (QED) is 0.850. The van der Waals surface area contributed by atoms with Crippen LogP contribution in [0.3, 0.4) is 0 Å². The smallest absolute Gasteiger partial charge is 0.261 e. The molecule has 0 unspecified atom stereocenters. The van der Waals surface area contributed by atoms with Crippen LogP contribution in [0.4, 0.5) is 0 Å². The molecule has 21 heavy (non-hydrogen) atoms. The number of hydrogen-bond donors (Lipinski definition) is 0. The van der Waals surface area contributed by atoms with E-state index in [1.165, 1.54) is 0 Å². The van der Waals surface area contributed by atoms with E-state index >= 15 is 0 Å². The molecule has 0 saturated carbocycles. The van der Waals surface area contributed by atoms with Crippen molar-refractivity contribution in [3.63, 3.8) is 0 Å². The van der Waals surface area contributed by atoms with Crippen molar-refractivity contribution in [2.24, 2.45) is 5.92 Å². The molecule has 0 aliphatic carbocycles. The van der Waals surface area contributed by atoms with Crippen LogP contribution >= 0.6 is 0 Å². The Morgan fingerprint density at radius 2 is 1.86 bits per heavy atom. The lowest BCUT2D eigenvalue weighted by Gasteiger charge is -2.34. The Labute approximate surface area is 127 Å². The van der Waals surface area contributed by atoms with Crippen LogP contribution in [0.2, 0.25) is 0 Å². The molecule has 2 aliphatic rings. The molecular formula is C15H23N3O2S. The van der Waals surface area contributed by atoms with Gasteiger partial charge in [0.2, 0.25) is 0 Å². The second-order valence-electron chi connectivity index (χ2n) is 6.01. The van der Waals surface area contributed by atoms with Crippen molar-refractivity contribution < 1.29 is 8.42 Å². The van der Waals surface area contributed by atoms with Crippen LogP contribution < -0.4 is 0 Å². The first kappa shape index (κ1) is 14.9. The molecule has 116 valence electrons. The Kier molecular flexibility index (Phi) is 4.57. The standard InChI is InChI=1S/C15H23N3O2S/c19-21(20,17-9-3-4-10-17)18-11-5-6-14(13-18)12-15-7-1-2-8-16-15/h1-2,7-8,14H,3-6,9-13H2/t14-/m1/s1. The van der Waals surface area contributed by atoms with Gasteiger partial charge >= 0.3 is 0 Å². The van der Waals surface area contributed by atoms with Crippen molar-refractivity contribution >= 4 is 10.2 Å². The van der Waals surface area contributed by atoms with Crippen molar-refractivity contribution in [1.82, 2.24) is 13.6 Å². The fourth-order valence-corrected chi connectivity index (χ4v) is 5.11. The number of nitrogens with zero attached hydrogens (tertiary/aromatic N) is 3. The maximum Gasteiger partial charge on any atom is 0.281 e. The molecule has 2 saturated heterocycles. The summed E-state index contributed by atoms with van der Waals surface area (Å²) in [5.41, 5.74) is 1.06. The number of piperidine rings is 1. The minimum absolute atomic E-state index is 0.381. The molecule has 3 heterocycles. The van der Waals surface area contributed by atoms with Crippen LogP contribution in [0.5, 0.6) is 0 Å². The highest BCUT2D eigenvalue weighted by Gasteiger charge is 2.34. The third kappa shape index (κ3) is 3.44. The average Bonchev–Trinajstić information content (AvgIpc) is 3.04. The number of hydrogen-bond acceptors (Lipinski definition) is 3. The zero-order chi connectivity index (χ0) is 14.7. The van der Waals surface area contributed by atoms with E-state index in [4.69, 9.17) is 0 Å². The molecule has 1 aromatic rings. The van der Waals surface area contributed by atoms with E-state index in [0.717, 1.165) is 37.8 Å². The van der Waals surface area contributed by atoms with Gasteiger partial charge in [-0.2, -0.15) is 17.0 Å². The van der Waals surface area contributed by atoms with Crippen LogP contribution in [0.1, 0.15) is 31.4 Å². The molecule has 0 amide bonds. The first-order valence-corrected chi connectivity index (χ1v) is 9.21. The molecule has 0 spiro atoms. The van der Waals surface area contributed by atoms with E-state index in [0.29, 0.717) is 32.1 Å². The van der Waals surface area contributed by atoms with E-state index in [9.17, 15) is 8.42 Å². The first-order chi connectivity index (χ1) is 10.2. The maximum atomic E-state index is 12.6. The Balaban J connectivity index is 1.65. The summed E-state index contributed by atoms with van der Waals surface area (Å²) in [6.45, 7) is 2.67. The highest BCUT2D eigenvalue weighted by atomic mass is 32.2. The summed E-state index contributed by atoms with van der Waals surface area (Å²) in [5.74, 6) is 0.381. The van der Waals surface area contributed by atoms with Gasteiger partial charge in [0.25, 0.3) is 10.2 Å². The SMILES string of the molecule is O=S(=O)(N1CCCC1)N1CCC[C@H](Cc2ccccn2)C1. The van der Waals surface area contributed by atoms with Gasteiger partial charge in [0.15, 0.2) is 0 Å². The van der Waals surface area contributed by atoms with Crippen LogP contribution in [-0.2, 0) is 16.6 Å². The number of pyridine rings is 1. The number of rotatable bonds is 4. The van der Waals surface area contributed by atoms with Gasteiger partial charge in [-0.15, -0.1) is 0 Å². The van der Waals surface area contributed by atoms with Gasteiger partial charge in [0.05, 0.1) is 0 Å². The molecule has 0 radical (unpaired) electrons. The monoisotopic (exact) mass is 309 g/mol. The Morgan fingerprint density at radius 3 is 2.57 bits per heavy atom. The van der Waals surface area contributed by atoms with Crippen molar-refractivity contribution in [2.75, 3.05) is 26.2 Å². The molecule has 2 aliphatic heterocycles. The first-order valence-electron chi connectivity index (χ1n) is 7.81. The molecule has 1 aromatic heterocycles. The summed E-state index contributed by atoms with van der Waals surface area (Å²) in [6, 6.07) is 5.92. The van der Waals surface area contributed by atoms with Gasteiger partial charge in [-0.1, -0.05) is 6.07 Å². The minimum atomic E-state index is -3.24. The van der Waals surface area contributed by atoms with Crippen LogP contribution in [-0.4, -0.2) is 48.2 Å². The summed E-state index contributed by atoms with van der Waals surface area (Å²) >= 11 is 0. The highest BCUT2D eigenvalue weighted by Crippen LogP contribution is 2.25. The van der Waals surface area contributed by atoms with Gasteiger partial charge in [0, 0.05) is 38.1 Å². The fraction of sp³-hybridized carbons (Fsp3) is 0.667. The van der Waals surface area contributed by atoms with E-state index in [-0.39, 0.29) is 0 Å². The zero-order valence-corrected chi connectivity index (χ0v) is 13.1. The predicted octanol–water partition coefficient (Wildman–Crippen LogP) is 1.68. The maximum absolute atomic E-state index is 12.6. The van der Waals surface area contributed by atoms with Gasteiger partial charge < -0.3 is 0 Å². The summed E-state index contributed by atoms with van der Waals surface area (Å²) in [5, 5.41) is 0. The van der Waals surface area contributed by atoms with Crippen LogP contribution in [0, 0.1) is 5.92 Å². The second-order valence-corrected chi connectivity index (χ2v) is 7.93. The zero-order valence-electron chi connectivity index (χ0n) is 12.3. The van der Waals surface area contributed by atoms with Crippen LogP contribution in [0.25, 0.3) is 0 Å². The third-order valence-electron chi connectivity index (χ3n) is 4.42. The molecule has 0 N–H and O–H groups in total. The van der Waals surface area contributed by atoms with Gasteiger partial charge in [-0.3, -0.25) is 4.98 Å². The minimum Gasteiger partial charge on any atom is -0.261 e.